The number of sulfonamides is 1. The predicted molar refractivity (Wildman–Crippen MR) is 199 cm³/mol. The van der Waals surface area contributed by atoms with Gasteiger partial charge in [0.05, 0.1) is 27.3 Å². The van der Waals surface area contributed by atoms with E-state index in [1.165, 1.54) is 15.6 Å². The Morgan fingerprint density at radius 3 is 2.31 bits per heavy atom. The zero-order valence-electron chi connectivity index (χ0n) is 29.7. The van der Waals surface area contributed by atoms with Crippen molar-refractivity contribution in [2.75, 3.05) is 58.8 Å². The third-order valence-corrected chi connectivity index (χ3v) is 11.2. The molecule has 2 N–H and O–H groups in total. The maximum Gasteiger partial charge on any atom is 0.258 e. The number of ether oxygens (including phenoxy) is 1. The molecule has 2 atom stereocenters. The van der Waals surface area contributed by atoms with Crippen LogP contribution in [0.4, 0.5) is 5.13 Å². The molecule has 4 rings (SSSR count). The fourth-order valence-corrected chi connectivity index (χ4v) is 8.38. The predicted octanol–water partition coefficient (Wildman–Crippen LogP) is 5.12. The Balaban J connectivity index is 1.54. The maximum atomic E-state index is 14.2. The van der Waals surface area contributed by atoms with Crippen molar-refractivity contribution in [3.63, 3.8) is 0 Å². The molecule has 0 spiro atoms. The molecule has 0 aliphatic heterocycles. The van der Waals surface area contributed by atoms with Crippen molar-refractivity contribution < 1.29 is 23.1 Å². The maximum absolute atomic E-state index is 14.2. The van der Waals surface area contributed by atoms with Gasteiger partial charge in [0.25, 0.3) is 5.91 Å². The minimum Gasteiger partial charge on any atom is -0.483 e. The van der Waals surface area contributed by atoms with Crippen molar-refractivity contribution in [3.8, 4) is 5.75 Å². The number of aliphatic hydroxyl groups excluding tert-OH is 1. The Labute approximate surface area is 295 Å². The number of anilines is 1. The summed E-state index contributed by atoms with van der Waals surface area (Å²) in [6.07, 6.45) is 0.0912. The standard InChI is InChI=1S/C37H51N5O5S2/c1-26(2)23-42(49(45,46)30-17-18-31-34(22-30)48-37(39-31)41(7)20-12-19-40(5)6)24-33(43)32(21-29-15-9-8-10-16-29)38-35(44)25-47-36-27(3)13-11-14-28(36)4/h8-11,13-18,22,26,32-33,43H,12,19-21,23-25H2,1-7H3,(H,38,44)/t32-,33+/m0/s1. The number of para-hydroxylation sites is 1. The third-order valence-electron chi connectivity index (χ3n) is 8.24. The van der Waals surface area contributed by atoms with Gasteiger partial charge < -0.3 is 25.0 Å². The number of amides is 1. The van der Waals surface area contributed by atoms with Crippen LogP contribution < -0.4 is 15.0 Å². The number of aryl methyl sites for hydroxylation is 2. The second-order valence-corrected chi connectivity index (χ2v) is 16.3. The average molecular weight is 710 g/mol. The first kappa shape index (κ1) is 38.3. The molecule has 3 aromatic carbocycles. The van der Waals surface area contributed by atoms with Crippen LogP contribution in [0.1, 0.15) is 37.0 Å². The second kappa shape index (κ2) is 17.4. The Bertz CT molecular complexity index is 1760. The highest BCUT2D eigenvalue weighted by atomic mass is 32.2. The van der Waals surface area contributed by atoms with Gasteiger partial charge in [0.2, 0.25) is 10.0 Å². The zero-order chi connectivity index (χ0) is 35.7. The van der Waals surface area contributed by atoms with E-state index in [2.05, 4.69) is 15.1 Å². The van der Waals surface area contributed by atoms with Crippen LogP contribution in [0.2, 0.25) is 0 Å². The quantitative estimate of drug-likeness (QED) is 0.147. The smallest absolute Gasteiger partial charge is 0.258 e. The first-order chi connectivity index (χ1) is 23.2. The number of nitrogens with one attached hydrogen (secondary N) is 1. The van der Waals surface area contributed by atoms with Crippen LogP contribution in [-0.2, 0) is 21.2 Å². The lowest BCUT2D eigenvalue weighted by Crippen LogP contribution is -2.52. The zero-order valence-corrected chi connectivity index (χ0v) is 31.4. The molecular weight excluding hydrogens is 659 g/mol. The van der Waals surface area contributed by atoms with Crippen molar-refractivity contribution >= 4 is 42.6 Å². The number of hydrogen-bond acceptors (Lipinski definition) is 9. The number of benzene rings is 3. The number of carbonyl (C=O) groups excluding carboxylic acids is 1. The molecule has 266 valence electrons. The Morgan fingerprint density at radius 1 is 0.959 bits per heavy atom. The third kappa shape index (κ3) is 10.7. The number of nitrogens with zero attached hydrogens (tertiary/aromatic N) is 4. The van der Waals surface area contributed by atoms with Gasteiger partial charge >= 0.3 is 0 Å². The number of aliphatic hydroxyl groups is 1. The minimum absolute atomic E-state index is 0.00977. The second-order valence-electron chi connectivity index (χ2n) is 13.4. The fraction of sp³-hybridized carbons (Fsp3) is 0.459. The Kier molecular flexibility index (Phi) is 13.6. The van der Waals surface area contributed by atoms with E-state index in [0.29, 0.717) is 12.2 Å². The lowest BCUT2D eigenvalue weighted by molar-refractivity contribution is -0.124. The molecule has 1 heterocycles. The summed E-state index contributed by atoms with van der Waals surface area (Å²) in [6, 6.07) is 19.5. The van der Waals surface area contributed by atoms with Crippen molar-refractivity contribution in [1.82, 2.24) is 19.5 Å². The number of hydrogen-bond donors (Lipinski definition) is 2. The van der Waals surface area contributed by atoms with Gasteiger partial charge in [0.1, 0.15) is 5.75 Å². The van der Waals surface area contributed by atoms with E-state index in [0.717, 1.165) is 51.5 Å². The van der Waals surface area contributed by atoms with Gasteiger partial charge in [-0.3, -0.25) is 4.79 Å². The summed E-state index contributed by atoms with van der Waals surface area (Å²) in [4.78, 5) is 22.3. The van der Waals surface area contributed by atoms with Gasteiger partial charge in [-0.15, -0.1) is 0 Å². The van der Waals surface area contributed by atoms with Crippen molar-refractivity contribution in [3.05, 3.63) is 83.4 Å². The summed E-state index contributed by atoms with van der Waals surface area (Å²) in [7, 11) is 2.08. The topological polar surface area (TPSA) is 115 Å². The van der Waals surface area contributed by atoms with Crippen LogP contribution in [-0.4, -0.2) is 99.7 Å². The molecule has 0 saturated heterocycles. The minimum atomic E-state index is -4.01. The number of thiazole rings is 1. The molecular formula is C37H51N5O5S2. The van der Waals surface area contributed by atoms with E-state index in [-0.39, 0.29) is 30.5 Å². The Morgan fingerprint density at radius 2 is 1.65 bits per heavy atom. The molecule has 0 aliphatic carbocycles. The molecule has 0 saturated carbocycles. The lowest BCUT2D eigenvalue weighted by Gasteiger charge is -2.30. The molecule has 12 heteroatoms. The molecule has 10 nitrogen and oxygen atoms in total. The summed E-state index contributed by atoms with van der Waals surface area (Å²) in [5.41, 5.74) is 3.48. The Hall–Kier alpha value is -3.55. The van der Waals surface area contributed by atoms with Gasteiger partial charge in [0, 0.05) is 26.7 Å². The summed E-state index contributed by atoms with van der Waals surface area (Å²) in [5.74, 6) is 0.233. The van der Waals surface area contributed by atoms with Gasteiger partial charge in [-0.2, -0.15) is 4.31 Å². The molecule has 4 aromatic rings. The van der Waals surface area contributed by atoms with E-state index in [4.69, 9.17) is 9.72 Å². The lowest BCUT2D eigenvalue weighted by atomic mass is 10.0. The molecule has 1 aromatic heterocycles. The van der Waals surface area contributed by atoms with Crippen molar-refractivity contribution in [1.29, 1.82) is 0 Å². The first-order valence-electron chi connectivity index (χ1n) is 16.7. The molecule has 0 radical (unpaired) electrons. The van der Waals surface area contributed by atoms with Crippen LogP contribution in [0.15, 0.2) is 71.6 Å². The molecule has 1 amide bonds. The molecule has 0 aliphatic rings. The van der Waals surface area contributed by atoms with Crippen molar-refractivity contribution in [2.45, 2.75) is 57.6 Å². The highest BCUT2D eigenvalue weighted by molar-refractivity contribution is 7.89. The van der Waals surface area contributed by atoms with Crippen LogP contribution >= 0.6 is 11.3 Å². The van der Waals surface area contributed by atoms with Crippen molar-refractivity contribution in [2.24, 2.45) is 5.92 Å². The highest BCUT2D eigenvalue weighted by Crippen LogP contribution is 2.31. The fourth-order valence-electron chi connectivity index (χ4n) is 5.66. The molecule has 0 fully saturated rings. The summed E-state index contributed by atoms with van der Waals surface area (Å²) < 4.78 is 36.4. The molecule has 0 bridgehead atoms. The van der Waals surface area contributed by atoms with Crippen LogP contribution in [0.5, 0.6) is 5.75 Å². The van der Waals surface area contributed by atoms with Crippen LogP contribution in [0.3, 0.4) is 0 Å². The largest absolute Gasteiger partial charge is 0.483 e. The van der Waals surface area contributed by atoms with Crippen LogP contribution in [0.25, 0.3) is 10.2 Å². The van der Waals surface area contributed by atoms with Gasteiger partial charge in [-0.1, -0.05) is 73.7 Å². The van der Waals surface area contributed by atoms with Crippen LogP contribution in [0, 0.1) is 19.8 Å². The van der Waals surface area contributed by atoms with E-state index in [1.54, 1.807) is 18.2 Å². The van der Waals surface area contributed by atoms with E-state index < -0.39 is 28.1 Å². The summed E-state index contributed by atoms with van der Waals surface area (Å²) in [5, 5.41) is 15.4. The SMILES string of the molecule is Cc1cccc(C)c1OCC(=O)N[C@@H](Cc1ccccc1)[C@H](O)CN(CC(C)C)S(=O)(=O)c1ccc2nc(N(C)CCCN(C)C)sc2c1. The van der Waals surface area contributed by atoms with Gasteiger partial charge in [-0.05, 0) is 88.1 Å². The molecule has 49 heavy (non-hydrogen) atoms. The van der Waals surface area contributed by atoms with E-state index >= 15 is 0 Å². The van der Waals surface area contributed by atoms with Gasteiger partial charge in [0.15, 0.2) is 11.7 Å². The van der Waals surface area contributed by atoms with E-state index in [9.17, 15) is 18.3 Å². The summed E-state index contributed by atoms with van der Waals surface area (Å²) in [6.45, 7) is 9.28. The first-order valence-corrected chi connectivity index (χ1v) is 19.0. The average Bonchev–Trinajstić information content (AvgIpc) is 3.48. The normalized spacial score (nSPS) is 13.3. The van der Waals surface area contributed by atoms with E-state index in [1.807, 2.05) is 97.4 Å². The number of aromatic nitrogens is 1. The monoisotopic (exact) mass is 709 g/mol. The number of fused-ring (bicyclic) bond motifs is 1. The number of carbonyl (C=O) groups is 1. The molecule has 0 unspecified atom stereocenters. The highest BCUT2D eigenvalue weighted by Gasteiger charge is 2.32. The summed E-state index contributed by atoms with van der Waals surface area (Å²) >= 11 is 1.46. The van der Waals surface area contributed by atoms with Gasteiger partial charge in [-0.25, -0.2) is 13.4 Å². The number of rotatable bonds is 18.